The monoisotopic (exact) mass is 140 g/mol. The first-order chi connectivity index (χ1) is 2.56. The van der Waals surface area contributed by atoms with Gasteiger partial charge in [0.05, 0.1) is 0 Å². The molecule has 7 heavy (non-hydrogen) atoms. The predicted molar refractivity (Wildman–Crippen MR) is 32.1 cm³/mol. The van der Waals surface area contributed by atoms with E-state index in [1.165, 1.54) is 0 Å². The van der Waals surface area contributed by atoms with Gasteiger partial charge < -0.3 is 18.1 Å². The smallest absolute Gasteiger partial charge is 0.0195 e. The van der Waals surface area contributed by atoms with Gasteiger partial charge in [0, 0.05) is 11.3 Å². The van der Waals surface area contributed by atoms with Crippen LogP contribution in [0.15, 0.2) is 0 Å². The van der Waals surface area contributed by atoms with Crippen molar-refractivity contribution in [3.8, 4) is 0 Å². The van der Waals surface area contributed by atoms with E-state index in [1.54, 1.807) is 0 Å². The molecule has 2 N–H and O–H groups in total. The van der Waals surface area contributed by atoms with Crippen molar-refractivity contribution in [1.82, 2.24) is 0 Å². The number of hydrogen-bond acceptors (Lipinski definition) is 2. The van der Waals surface area contributed by atoms with Crippen LogP contribution in [0.4, 0.5) is 0 Å². The molecule has 0 spiro atoms. The molecule has 0 saturated carbocycles. The van der Waals surface area contributed by atoms with Gasteiger partial charge in [-0.05, 0) is 13.8 Å². The van der Waals surface area contributed by atoms with E-state index in [1.807, 2.05) is 13.8 Å². The Hall–Kier alpha value is 0.600. The molecule has 3 heteroatoms. The molecule has 0 heterocycles. The Kier molecular flexibility index (Phi) is 5.40. The van der Waals surface area contributed by atoms with Crippen LogP contribution in [0.5, 0.6) is 0 Å². The Morgan fingerprint density at radius 3 is 1.71 bits per heavy atom. The van der Waals surface area contributed by atoms with E-state index in [0.29, 0.717) is 6.54 Å². The molecule has 0 amide bonds. The topological polar surface area (TPSA) is 26.0 Å². The molecule has 0 unspecified atom stereocenters. The third-order valence-corrected chi connectivity index (χ3v) is 0.682. The summed E-state index contributed by atoms with van der Waals surface area (Å²) >= 11 is 4.13. The Morgan fingerprint density at radius 1 is 1.57 bits per heavy atom. The summed E-state index contributed by atoms with van der Waals surface area (Å²) in [5.74, 6) is 0. The highest BCUT2D eigenvalue weighted by atomic mass is 35.5. The lowest BCUT2D eigenvalue weighted by atomic mass is 10.2. The van der Waals surface area contributed by atoms with E-state index in [0.717, 1.165) is 0 Å². The van der Waals surface area contributed by atoms with Crippen LogP contribution >= 0.6 is 12.6 Å². The van der Waals surface area contributed by atoms with Crippen LogP contribution in [0, 0.1) is 0 Å². The highest BCUT2D eigenvalue weighted by molar-refractivity contribution is 7.81. The van der Waals surface area contributed by atoms with Gasteiger partial charge in [0.25, 0.3) is 0 Å². The quantitative estimate of drug-likeness (QED) is 0.393. The fourth-order valence-corrected chi connectivity index (χ4v) is 0. The molecular formula is C4H11ClNS-. The van der Waals surface area contributed by atoms with Gasteiger partial charge in [-0.1, -0.05) is 0 Å². The Bertz CT molecular complexity index is 41.4. The second-order valence-electron chi connectivity index (χ2n) is 2.02. The van der Waals surface area contributed by atoms with Crippen molar-refractivity contribution in [2.45, 2.75) is 18.6 Å². The van der Waals surface area contributed by atoms with Crippen LogP contribution in [-0.4, -0.2) is 11.3 Å². The summed E-state index contributed by atoms with van der Waals surface area (Å²) in [5, 5.41) is 0. The van der Waals surface area contributed by atoms with Gasteiger partial charge in [0.2, 0.25) is 0 Å². The predicted octanol–water partition coefficient (Wildman–Crippen LogP) is -2.34. The maximum atomic E-state index is 5.23. The van der Waals surface area contributed by atoms with Crippen LogP contribution in [0.1, 0.15) is 13.8 Å². The Labute approximate surface area is 56.5 Å². The van der Waals surface area contributed by atoms with E-state index in [-0.39, 0.29) is 17.2 Å². The average molecular weight is 141 g/mol. The molecule has 0 bridgehead atoms. The summed E-state index contributed by atoms with van der Waals surface area (Å²) in [6.07, 6.45) is 0. The number of hydrogen-bond donors (Lipinski definition) is 2. The third kappa shape index (κ3) is 10.8. The molecule has 0 fully saturated rings. The van der Waals surface area contributed by atoms with Crippen LogP contribution < -0.4 is 18.1 Å². The summed E-state index contributed by atoms with van der Waals surface area (Å²) in [7, 11) is 0. The summed E-state index contributed by atoms with van der Waals surface area (Å²) in [6.45, 7) is 4.60. The van der Waals surface area contributed by atoms with Gasteiger partial charge >= 0.3 is 0 Å². The molecule has 1 nitrogen and oxygen atoms in total. The summed E-state index contributed by atoms with van der Waals surface area (Å²) in [6, 6.07) is 0. The van der Waals surface area contributed by atoms with Crippen molar-refractivity contribution < 1.29 is 12.4 Å². The van der Waals surface area contributed by atoms with Crippen molar-refractivity contribution in [3.05, 3.63) is 0 Å². The first kappa shape index (κ1) is 10.6. The molecule has 0 rings (SSSR count). The van der Waals surface area contributed by atoms with Crippen molar-refractivity contribution in [2.75, 3.05) is 6.54 Å². The standard InChI is InChI=1S/C4H11NS.ClH/c1-4(2,6)3-5;/h6H,3,5H2,1-2H3;1H/p-1. The van der Waals surface area contributed by atoms with Gasteiger partial charge in [0.1, 0.15) is 0 Å². The van der Waals surface area contributed by atoms with Crippen LogP contribution in [0.2, 0.25) is 0 Å². The lowest BCUT2D eigenvalue weighted by molar-refractivity contribution is -0.00000153. The average Bonchev–Trinajstić information content (AvgIpc) is 1.35. The van der Waals surface area contributed by atoms with E-state index >= 15 is 0 Å². The molecule has 0 atom stereocenters. The fraction of sp³-hybridized carbons (Fsp3) is 1.00. The van der Waals surface area contributed by atoms with E-state index < -0.39 is 0 Å². The number of thiol groups is 1. The summed E-state index contributed by atoms with van der Waals surface area (Å²) < 4.78 is 0.0139. The van der Waals surface area contributed by atoms with Crippen LogP contribution in [-0.2, 0) is 0 Å². The molecular weight excluding hydrogens is 130 g/mol. The van der Waals surface area contributed by atoms with E-state index in [2.05, 4.69) is 12.6 Å². The fourth-order valence-electron chi connectivity index (χ4n) is 0. The molecule has 0 aliphatic carbocycles. The van der Waals surface area contributed by atoms with Gasteiger partial charge in [-0.2, -0.15) is 12.6 Å². The zero-order valence-corrected chi connectivity index (χ0v) is 6.26. The molecule has 0 aliphatic heterocycles. The molecule has 0 saturated heterocycles. The van der Waals surface area contributed by atoms with Crippen molar-refractivity contribution in [1.29, 1.82) is 0 Å². The molecule has 0 aromatic carbocycles. The van der Waals surface area contributed by atoms with Crippen LogP contribution in [0.3, 0.4) is 0 Å². The zero-order chi connectivity index (χ0) is 5.21. The van der Waals surface area contributed by atoms with Crippen LogP contribution in [0.25, 0.3) is 0 Å². The second-order valence-corrected chi connectivity index (χ2v) is 3.23. The van der Waals surface area contributed by atoms with Crippen molar-refractivity contribution in [3.63, 3.8) is 0 Å². The highest BCUT2D eigenvalue weighted by Crippen LogP contribution is 2.06. The number of nitrogens with two attached hydrogens (primary N) is 1. The largest absolute Gasteiger partial charge is 1.00 e. The van der Waals surface area contributed by atoms with Gasteiger partial charge in [0.15, 0.2) is 0 Å². The lowest BCUT2D eigenvalue weighted by Gasteiger charge is -2.11. The minimum absolute atomic E-state index is 0. The van der Waals surface area contributed by atoms with Gasteiger partial charge in [-0.3, -0.25) is 0 Å². The lowest BCUT2D eigenvalue weighted by Crippen LogP contribution is -3.00. The maximum absolute atomic E-state index is 5.23. The highest BCUT2D eigenvalue weighted by Gasteiger charge is 2.05. The SMILES string of the molecule is CC(C)(S)CN.[Cl-]. The minimum atomic E-state index is 0. The van der Waals surface area contributed by atoms with Crippen molar-refractivity contribution in [2.24, 2.45) is 5.73 Å². The van der Waals surface area contributed by atoms with Crippen molar-refractivity contribution >= 4 is 12.6 Å². The zero-order valence-electron chi connectivity index (χ0n) is 4.61. The van der Waals surface area contributed by atoms with Gasteiger partial charge in [-0.25, -0.2) is 0 Å². The normalized spacial score (nSPS) is 10.3. The molecule has 0 radical (unpaired) electrons. The van der Waals surface area contributed by atoms with E-state index in [4.69, 9.17) is 5.73 Å². The Morgan fingerprint density at radius 2 is 1.71 bits per heavy atom. The number of rotatable bonds is 1. The third-order valence-electron chi connectivity index (χ3n) is 0.500. The molecule has 0 aromatic heterocycles. The molecule has 46 valence electrons. The maximum Gasteiger partial charge on any atom is 0.0195 e. The summed E-state index contributed by atoms with van der Waals surface area (Å²) in [4.78, 5) is 0. The summed E-state index contributed by atoms with van der Waals surface area (Å²) in [5.41, 5.74) is 5.23. The minimum Gasteiger partial charge on any atom is -1.00 e. The number of halogens is 1. The molecule has 0 aromatic rings. The molecule has 0 aliphatic rings. The Balaban J connectivity index is 0. The van der Waals surface area contributed by atoms with Gasteiger partial charge in [-0.15, -0.1) is 0 Å². The van der Waals surface area contributed by atoms with E-state index in [9.17, 15) is 0 Å². The first-order valence-electron chi connectivity index (χ1n) is 1.99. The first-order valence-corrected chi connectivity index (χ1v) is 2.43. The second kappa shape index (κ2) is 3.58.